The van der Waals surface area contributed by atoms with Gasteiger partial charge in [-0.05, 0) is 103 Å². The zero-order valence-corrected chi connectivity index (χ0v) is 47.2. The van der Waals surface area contributed by atoms with E-state index in [0.717, 1.165) is 96.3 Å². The van der Waals surface area contributed by atoms with E-state index in [1.165, 1.54) is 180 Å². The monoisotopic (exact) mass is 993 g/mol. The predicted molar refractivity (Wildman–Crippen MR) is 307 cm³/mol. The van der Waals surface area contributed by atoms with Crippen LogP contribution in [0.5, 0.6) is 0 Å². The molecule has 6 nitrogen and oxygen atoms in total. The Labute approximate surface area is 440 Å². The molecule has 0 N–H and O–H groups in total. The van der Waals surface area contributed by atoms with Crippen molar-refractivity contribution in [3.05, 3.63) is 60.8 Å². The van der Waals surface area contributed by atoms with Gasteiger partial charge in [-0.15, -0.1) is 0 Å². The Morgan fingerprint density at radius 2 is 0.549 bits per heavy atom. The summed E-state index contributed by atoms with van der Waals surface area (Å²) in [6.45, 7) is 6.54. The van der Waals surface area contributed by atoms with Crippen molar-refractivity contribution in [1.29, 1.82) is 0 Å². The SMILES string of the molecule is CC/C=C\C/C=C\C/C=C\CCCCCCCC(=O)OC[C@H](COC(=O)CCCCCCCCC/C=C\CCCCCCCCCC)OC(=O)CCCCCCCCC/C=C\CCCCCCCCCC. The fourth-order valence-corrected chi connectivity index (χ4v) is 8.86. The molecule has 0 fully saturated rings. The number of ether oxygens (including phenoxy) is 3. The molecule has 0 aromatic rings. The molecule has 6 heteroatoms. The van der Waals surface area contributed by atoms with E-state index in [4.69, 9.17) is 14.2 Å². The summed E-state index contributed by atoms with van der Waals surface area (Å²) in [7, 11) is 0. The van der Waals surface area contributed by atoms with E-state index in [1.54, 1.807) is 0 Å². The molecule has 0 rings (SSSR count). The summed E-state index contributed by atoms with van der Waals surface area (Å²) in [5.41, 5.74) is 0. The molecule has 0 aromatic heterocycles. The number of hydrogen-bond acceptors (Lipinski definition) is 6. The van der Waals surface area contributed by atoms with Gasteiger partial charge in [0.2, 0.25) is 0 Å². The van der Waals surface area contributed by atoms with Crippen LogP contribution in [-0.2, 0) is 28.6 Å². The highest BCUT2D eigenvalue weighted by Crippen LogP contribution is 2.16. The maximum Gasteiger partial charge on any atom is 0.306 e. The number of carbonyl (C=O) groups excluding carboxylic acids is 3. The van der Waals surface area contributed by atoms with Gasteiger partial charge in [0.15, 0.2) is 6.10 Å². The van der Waals surface area contributed by atoms with Gasteiger partial charge in [-0.2, -0.15) is 0 Å². The highest BCUT2D eigenvalue weighted by atomic mass is 16.6. The summed E-state index contributed by atoms with van der Waals surface area (Å²) < 4.78 is 16.9. The van der Waals surface area contributed by atoms with E-state index in [9.17, 15) is 14.4 Å². The van der Waals surface area contributed by atoms with E-state index in [2.05, 4.69) is 81.5 Å². The average molecular weight is 994 g/mol. The quantitative estimate of drug-likeness (QED) is 0.0261. The first-order valence-electron chi connectivity index (χ1n) is 30.8. The van der Waals surface area contributed by atoms with Crippen LogP contribution in [0.2, 0.25) is 0 Å². The van der Waals surface area contributed by atoms with Crippen LogP contribution in [0.1, 0.15) is 316 Å². The molecule has 0 saturated carbocycles. The second-order valence-corrected chi connectivity index (χ2v) is 20.6. The summed E-state index contributed by atoms with van der Waals surface area (Å²) in [4.78, 5) is 38.3. The smallest absolute Gasteiger partial charge is 0.306 e. The Morgan fingerprint density at radius 1 is 0.296 bits per heavy atom. The summed E-state index contributed by atoms with van der Waals surface area (Å²) in [5, 5.41) is 0. The van der Waals surface area contributed by atoms with Gasteiger partial charge in [0, 0.05) is 19.3 Å². The number of allylic oxidation sites excluding steroid dienone is 10. The minimum absolute atomic E-state index is 0.0825. The molecule has 0 saturated heterocycles. The Morgan fingerprint density at radius 3 is 0.873 bits per heavy atom. The molecule has 0 heterocycles. The first-order chi connectivity index (χ1) is 35.0. The molecule has 1 atom stereocenters. The lowest BCUT2D eigenvalue weighted by Gasteiger charge is -2.18. The lowest BCUT2D eigenvalue weighted by molar-refractivity contribution is -0.167. The number of carbonyl (C=O) groups is 3. The zero-order valence-electron chi connectivity index (χ0n) is 47.2. The van der Waals surface area contributed by atoms with Gasteiger partial charge in [0.05, 0.1) is 0 Å². The fourth-order valence-electron chi connectivity index (χ4n) is 8.86. The fraction of sp³-hybridized carbons (Fsp3) is 0.800. The largest absolute Gasteiger partial charge is 0.462 e. The summed E-state index contributed by atoms with van der Waals surface area (Å²) in [6, 6.07) is 0. The van der Waals surface area contributed by atoms with Gasteiger partial charge < -0.3 is 14.2 Å². The minimum atomic E-state index is -0.786. The molecule has 0 amide bonds. The molecule has 71 heavy (non-hydrogen) atoms. The third kappa shape index (κ3) is 57.9. The highest BCUT2D eigenvalue weighted by Gasteiger charge is 2.19. The normalized spacial score (nSPS) is 12.4. The molecular weight excluding hydrogens is 877 g/mol. The molecule has 0 aliphatic carbocycles. The summed E-state index contributed by atoms with van der Waals surface area (Å²) in [6.07, 6.45) is 75.0. The number of hydrogen-bond donors (Lipinski definition) is 0. The molecular formula is C65H116O6. The van der Waals surface area contributed by atoms with Crippen molar-refractivity contribution in [3.63, 3.8) is 0 Å². The third-order valence-corrected chi connectivity index (χ3v) is 13.5. The van der Waals surface area contributed by atoms with E-state index in [1.807, 2.05) is 0 Å². The number of rotatable bonds is 56. The van der Waals surface area contributed by atoms with Crippen LogP contribution in [0.25, 0.3) is 0 Å². The average Bonchev–Trinajstić information content (AvgIpc) is 3.37. The zero-order chi connectivity index (χ0) is 51.4. The van der Waals surface area contributed by atoms with Crippen molar-refractivity contribution < 1.29 is 28.6 Å². The molecule has 0 spiro atoms. The Balaban J connectivity index is 4.38. The molecule has 0 bridgehead atoms. The minimum Gasteiger partial charge on any atom is -0.462 e. The van der Waals surface area contributed by atoms with Crippen molar-refractivity contribution in [3.8, 4) is 0 Å². The number of esters is 3. The second-order valence-electron chi connectivity index (χ2n) is 20.6. The summed E-state index contributed by atoms with van der Waals surface area (Å²) >= 11 is 0. The first kappa shape index (κ1) is 68.1. The molecule has 412 valence electrons. The van der Waals surface area contributed by atoms with Gasteiger partial charge in [0.1, 0.15) is 13.2 Å². The molecule has 0 aliphatic heterocycles. The topological polar surface area (TPSA) is 78.9 Å². The lowest BCUT2D eigenvalue weighted by Crippen LogP contribution is -2.30. The highest BCUT2D eigenvalue weighted by molar-refractivity contribution is 5.71. The maximum absolute atomic E-state index is 12.9. The van der Waals surface area contributed by atoms with Gasteiger partial charge in [-0.1, -0.05) is 255 Å². The summed E-state index contributed by atoms with van der Waals surface area (Å²) in [5.74, 6) is -0.894. The van der Waals surface area contributed by atoms with Crippen molar-refractivity contribution in [2.45, 2.75) is 322 Å². The van der Waals surface area contributed by atoms with Crippen molar-refractivity contribution in [1.82, 2.24) is 0 Å². The van der Waals surface area contributed by atoms with Gasteiger partial charge in [-0.25, -0.2) is 0 Å². The standard InChI is InChI=1S/C65H116O6/c1-4-7-10-13-16-19-22-25-28-30-32-34-37-40-43-46-49-52-55-58-64(67)70-61-62(60-69-63(66)57-54-51-48-45-42-39-36-27-24-21-18-15-12-9-6-3)71-65(68)59-56-53-50-47-44-41-38-35-33-31-29-26-23-20-17-14-11-8-5-2/h9,12,18,21,27,30-33,36,62H,4-8,10-11,13-17,19-20,22-26,28-29,34-35,37-61H2,1-3H3/b12-9-,21-18-,32-30-,33-31-,36-27-/t62-/m1/s1. The second kappa shape index (κ2) is 59.7. The van der Waals surface area contributed by atoms with Crippen LogP contribution in [-0.4, -0.2) is 37.2 Å². The maximum atomic E-state index is 12.9. The van der Waals surface area contributed by atoms with Crippen molar-refractivity contribution in [2.75, 3.05) is 13.2 Å². The van der Waals surface area contributed by atoms with Crippen LogP contribution < -0.4 is 0 Å². The molecule has 0 aromatic carbocycles. The van der Waals surface area contributed by atoms with Gasteiger partial charge >= 0.3 is 17.9 Å². The van der Waals surface area contributed by atoms with Gasteiger partial charge in [-0.3, -0.25) is 14.4 Å². The van der Waals surface area contributed by atoms with Crippen LogP contribution in [0, 0.1) is 0 Å². The van der Waals surface area contributed by atoms with E-state index in [-0.39, 0.29) is 31.1 Å². The lowest BCUT2D eigenvalue weighted by atomic mass is 10.1. The molecule has 0 unspecified atom stereocenters. The van der Waals surface area contributed by atoms with Crippen molar-refractivity contribution >= 4 is 17.9 Å². The number of unbranched alkanes of at least 4 members (excludes halogenated alkanes) is 35. The Kier molecular flexibility index (Phi) is 57.2. The Hall–Kier alpha value is -2.89. The van der Waals surface area contributed by atoms with Crippen LogP contribution >= 0.6 is 0 Å². The van der Waals surface area contributed by atoms with Gasteiger partial charge in [0.25, 0.3) is 0 Å². The molecule has 0 radical (unpaired) electrons. The van der Waals surface area contributed by atoms with E-state index in [0.29, 0.717) is 19.3 Å². The Bertz CT molecular complexity index is 1280. The van der Waals surface area contributed by atoms with Crippen LogP contribution in [0.15, 0.2) is 60.8 Å². The van der Waals surface area contributed by atoms with E-state index < -0.39 is 6.10 Å². The van der Waals surface area contributed by atoms with E-state index >= 15 is 0 Å². The van der Waals surface area contributed by atoms with Crippen LogP contribution in [0.4, 0.5) is 0 Å². The molecule has 0 aliphatic rings. The van der Waals surface area contributed by atoms with Crippen LogP contribution in [0.3, 0.4) is 0 Å². The first-order valence-corrected chi connectivity index (χ1v) is 30.8. The third-order valence-electron chi connectivity index (χ3n) is 13.5. The van der Waals surface area contributed by atoms with Crippen molar-refractivity contribution in [2.24, 2.45) is 0 Å². The predicted octanol–water partition coefficient (Wildman–Crippen LogP) is 20.8.